The third kappa shape index (κ3) is 6.21. The molecule has 0 bridgehead atoms. The van der Waals surface area contributed by atoms with Gasteiger partial charge in [0.2, 0.25) is 0 Å². The minimum absolute atomic E-state index is 0.101. The van der Waals surface area contributed by atoms with Crippen LogP contribution in [0.2, 0.25) is 10.0 Å². The summed E-state index contributed by atoms with van der Waals surface area (Å²) in [6.07, 6.45) is 3.49. The third-order valence-electron chi connectivity index (χ3n) is 6.34. The monoisotopic (exact) mass is 580 g/mol. The second-order valence-corrected chi connectivity index (χ2v) is 14.9. The Morgan fingerprint density at radius 1 is 0.872 bits per heavy atom. The number of fused-ring (bicyclic) bond motifs is 1. The maximum atomic E-state index is 12.8. The van der Waals surface area contributed by atoms with Gasteiger partial charge in [0.15, 0.2) is 0 Å². The first-order valence-corrected chi connectivity index (χ1v) is 16.0. The van der Waals surface area contributed by atoms with E-state index < -0.39 is 12.7 Å². The fourth-order valence-corrected chi connectivity index (χ4v) is 4.92. The molecule has 2 N–H and O–H groups in total. The lowest BCUT2D eigenvalue weighted by Gasteiger charge is -2.32. The van der Waals surface area contributed by atoms with Crippen LogP contribution in [0.5, 0.6) is 0 Å². The van der Waals surface area contributed by atoms with Crippen LogP contribution in [0.1, 0.15) is 16.8 Å². The Morgan fingerprint density at radius 3 is 2.08 bits per heavy atom. The molecule has 0 saturated carbocycles. The van der Waals surface area contributed by atoms with Gasteiger partial charge in [-0.15, -0.1) is 0 Å². The lowest BCUT2D eigenvalue weighted by molar-refractivity contribution is 0.586. The zero-order valence-electron chi connectivity index (χ0n) is 22.5. The van der Waals surface area contributed by atoms with Gasteiger partial charge in [-0.05, 0) is 78.6 Å². The first kappa shape index (κ1) is 28.8. The van der Waals surface area contributed by atoms with Crippen molar-refractivity contribution in [3.05, 3.63) is 123 Å². The number of pyridine rings is 1. The second-order valence-electron chi connectivity index (χ2n) is 10.3. The number of aromatic nitrogens is 3. The van der Waals surface area contributed by atoms with Crippen LogP contribution in [0, 0.1) is 0 Å². The number of imidazole rings is 1. The maximum absolute atomic E-state index is 12.8. The summed E-state index contributed by atoms with van der Waals surface area (Å²) in [4.78, 5) is 17.1. The molecule has 0 aliphatic heterocycles. The molecule has 0 aliphatic carbocycles. The summed E-state index contributed by atoms with van der Waals surface area (Å²) in [5, 5.41) is 2.09. The van der Waals surface area contributed by atoms with E-state index in [0.717, 1.165) is 38.9 Å². The summed E-state index contributed by atoms with van der Waals surface area (Å²) in [6.45, 7) is 5.23. The average molecular weight is 581 g/mol. The van der Waals surface area contributed by atoms with Crippen molar-refractivity contribution < 1.29 is 4.57 Å². The minimum atomic E-state index is -1.64. The molecule has 6 nitrogen and oxygen atoms in total. The van der Waals surface area contributed by atoms with Crippen molar-refractivity contribution >= 4 is 41.2 Å². The first-order valence-electron chi connectivity index (χ1n) is 12.2. The van der Waals surface area contributed by atoms with Crippen LogP contribution in [0.15, 0.2) is 90.1 Å². The highest BCUT2D eigenvalue weighted by Gasteiger charge is 2.35. The van der Waals surface area contributed by atoms with Crippen LogP contribution in [0.25, 0.3) is 22.0 Å². The summed E-state index contributed by atoms with van der Waals surface area (Å²) in [5.41, 5.74) is 11.0. The molecule has 2 heterocycles. The van der Waals surface area contributed by atoms with Gasteiger partial charge in [-0.3, -0.25) is 4.79 Å². The fourth-order valence-electron chi connectivity index (χ4n) is 4.53. The highest BCUT2D eigenvalue weighted by molar-refractivity contribution is 7.61. The zero-order valence-corrected chi connectivity index (χ0v) is 24.9. The van der Waals surface area contributed by atoms with Gasteiger partial charge in [0, 0.05) is 35.6 Å². The number of halogens is 2. The normalized spacial score (nSPS) is 13.0. The molecule has 0 saturated heterocycles. The van der Waals surface area contributed by atoms with Crippen LogP contribution < -0.4 is 11.3 Å². The Kier molecular flexibility index (Phi) is 8.25. The molecule has 5 aromatic rings. The molecule has 39 heavy (non-hydrogen) atoms. The lowest BCUT2D eigenvalue weighted by Crippen LogP contribution is -2.41. The highest BCUT2D eigenvalue weighted by atomic mass is 35.5. The van der Waals surface area contributed by atoms with Crippen molar-refractivity contribution in [3.63, 3.8) is 0 Å². The van der Waals surface area contributed by atoms with E-state index in [2.05, 4.69) is 4.98 Å². The van der Waals surface area contributed by atoms with Gasteiger partial charge in [0.05, 0.1) is 30.9 Å². The van der Waals surface area contributed by atoms with Crippen LogP contribution >= 0.6 is 30.3 Å². The fraction of sp³-hybridized carbons (Fsp3) is 0.200. The number of benzene rings is 3. The quantitative estimate of drug-likeness (QED) is 0.239. The second kappa shape index (κ2) is 11.1. The standard InChI is InChI=1S/C27H22Cl2N4O.C3H9OP/c1-32-16-31-15-25(32)27(30,18-6-4-8-21(29)12-18)19-9-10-24-23(13-19)22(14-26(34)33(24)2)17-5-3-7-20(28)11-17;1-5(2,3)4/h3-16H,30H2,1-2H3;1-3H3. The van der Waals surface area contributed by atoms with E-state index in [1.807, 2.05) is 78.3 Å². The number of aryl methyl sites for hydroxylation is 2. The Morgan fingerprint density at radius 2 is 1.49 bits per heavy atom. The average Bonchev–Trinajstić information content (AvgIpc) is 3.30. The van der Waals surface area contributed by atoms with Gasteiger partial charge in [0.25, 0.3) is 5.56 Å². The third-order valence-corrected chi connectivity index (χ3v) is 6.81. The molecule has 0 spiro atoms. The summed E-state index contributed by atoms with van der Waals surface area (Å²) >= 11 is 12.6. The van der Waals surface area contributed by atoms with Crippen molar-refractivity contribution in [1.82, 2.24) is 14.1 Å². The van der Waals surface area contributed by atoms with Crippen molar-refractivity contribution in [2.24, 2.45) is 19.8 Å². The summed E-state index contributed by atoms with van der Waals surface area (Å²) < 4.78 is 13.8. The van der Waals surface area contributed by atoms with Gasteiger partial charge < -0.3 is 19.4 Å². The van der Waals surface area contributed by atoms with Crippen molar-refractivity contribution in [1.29, 1.82) is 0 Å². The van der Waals surface area contributed by atoms with E-state index in [1.165, 1.54) is 0 Å². The van der Waals surface area contributed by atoms with Crippen LogP contribution in [-0.2, 0) is 24.2 Å². The van der Waals surface area contributed by atoms with Crippen LogP contribution in [0.3, 0.4) is 0 Å². The molecule has 5 rings (SSSR count). The number of hydrogen-bond acceptors (Lipinski definition) is 4. The highest BCUT2D eigenvalue weighted by Crippen LogP contribution is 2.38. The van der Waals surface area contributed by atoms with Gasteiger partial charge in [-0.2, -0.15) is 0 Å². The van der Waals surface area contributed by atoms with Gasteiger partial charge >= 0.3 is 0 Å². The van der Waals surface area contributed by atoms with Crippen LogP contribution in [-0.4, -0.2) is 34.1 Å². The predicted molar refractivity (Wildman–Crippen MR) is 164 cm³/mol. The van der Waals surface area contributed by atoms with Crippen molar-refractivity contribution in [2.45, 2.75) is 5.54 Å². The molecule has 0 radical (unpaired) electrons. The molecule has 3 aromatic carbocycles. The number of nitrogens with two attached hydrogens (primary N) is 1. The predicted octanol–water partition coefficient (Wildman–Crippen LogP) is 6.74. The van der Waals surface area contributed by atoms with E-state index in [9.17, 15) is 9.36 Å². The molecule has 1 unspecified atom stereocenters. The van der Waals surface area contributed by atoms with Crippen LogP contribution in [0.4, 0.5) is 0 Å². The number of hydrogen-bond donors (Lipinski definition) is 1. The summed E-state index contributed by atoms with van der Waals surface area (Å²) in [6, 6.07) is 22.6. The van der Waals surface area contributed by atoms with E-state index >= 15 is 0 Å². The zero-order chi connectivity index (χ0) is 28.5. The topological polar surface area (TPSA) is 82.9 Å². The number of nitrogens with zero attached hydrogens (tertiary/aromatic N) is 3. The molecule has 9 heteroatoms. The molecular weight excluding hydrogens is 550 g/mol. The molecule has 0 aliphatic rings. The molecular formula is C30H31Cl2N4O2P. The largest absolute Gasteiger partial charge is 0.336 e. The number of rotatable bonds is 4. The molecule has 2 aromatic heterocycles. The lowest BCUT2D eigenvalue weighted by atomic mass is 9.80. The Bertz CT molecular complexity index is 1760. The van der Waals surface area contributed by atoms with Gasteiger partial charge in [-0.1, -0.05) is 53.5 Å². The Hall–Kier alpha value is -3.15. The van der Waals surface area contributed by atoms with E-state index in [-0.39, 0.29) is 5.56 Å². The van der Waals surface area contributed by atoms with Gasteiger partial charge in [-0.25, -0.2) is 4.98 Å². The summed E-state index contributed by atoms with van der Waals surface area (Å²) in [7, 11) is 2.04. The molecule has 202 valence electrons. The first-order chi connectivity index (χ1) is 18.3. The van der Waals surface area contributed by atoms with Crippen molar-refractivity contribution in [3.8, 4) is 11.1 Å². The van der Waals surface area contributed by atoms with Crippen molar-refractivity contribution in [2.75, 3.05) is 20.0 Å². The molecule has 0 amide bonds. The SMILES string of the molecule is CP(C)(C)=O.Cn1cncc1C(N)(c1cccc(Cl)c1)c1ccc2c(c1)c(-c1cccc(Cl)c1)cc(=O)n2C. The van der Waals surface area contributed by atoms with E-state index in [0.29, 0.717) is 10.0 Å². The molecule has 0 fully saturated rings. The Labute approximate surface area is 238 Å². The maximum Gasteiger partial charge on any atom is 0.251 e. The van der Waals surface area contributed by atoms with E-state index in [4.69, 9.17) is 28.9 Å². The summed E-state index contributed by atoms with van der Waals surface area (Å²) in [5.74, 6) is 0. The van der Waals surface area contributed by atoms with E-state index in [1.54, 1.807) is 50.2 Å². The minimum Gasteiger partial charge on any atom is -0.336 e. The van der Waals surface area contributed by atoms with Gasteiger partial charge in [0.1, 0.15) is 5.54 Å². The molecule has 1 atom stereocenters. The smallest absolute Gasteiger partial charge is 0.251 e. The Balaban J connectivity index is 0.000000648.